The predicted octanol–water partition coefficient (Wildman–Crippen LogP) is -1.14. The molecule has 11 heavy (non-hydrogen) atoms. The van der Waals surface area contributed by atoms with Gasteiger partial charge in [-0.25, -0.2) is 5.01 Å². The molecular formula is C5H10BN3OS. The molecule has 0 saturated carbocycles. The zero-order chi connectivity index (χ0) is 8.27. The first-order valence-corrected chi connectivity index (χ1v) is 3.79. The summed E-state index contributed by atoms with van der Waals surface area (Å²) in [5.74, 6) is 0. The molecule has 0 aliphatic carbocycles. The monoisotopic (exact) mass is 171 g/mol. The third kappa shape index (κ3) is 2.32. The summed E-state index contributed by atoms with van der Waals surface area (Å²) in [5.41, 5.74) is 5.32. The van der Waals surface area contributed by atoms with E-state index >= 15 is 0 Å². The van der Waals surface area contributed by atoms with Crippen LogP contribution in [0.15, 0.2) is 0 Å². The largest absolute Gasteiger partial charge is 0.379 e. The lowest BCUT2D eigenvalue weighted by molar-refractivity contribution is -0.0133. The van der Waals surface area contributed by atoms with Crippen molar-refractivity contribution >= 4 is 25.3 Å². The first-order valence-electron chi connectivity index (χ1n) is 3.38. The average molecular weight is 171 g/mol. The Hall–Kier alpha value is -0.325. The molecule has 0 aromatic rings. The van der Waals surface area contributed by atoms with E-state index < -0.39 is 0 Å². The molecule has 2 N–H and O–H groups in total. The van der Waals surface area contributed by atoms with Crippen LogP contribution in [0.5, 0.6) is 0 Å². The van der Waals surface area contributed by atoms with E-state index in [9.17, 15) is 0 Å². The quantitative estimate of drug-likeness (QED) is 0.399. The topological polar surface area (TPSA) is 41.7 Å². The van der Waals surface area contributed by atoms with Crippen molar-refractivity contribution in [2.24, 2.45) is 5.73 Å². The number of rotatable bonds is 1. The van der Waals surface area contributed by atoms with E-state index in [1.807, 2.05) is 5.01 Å². The molecule has 0 aromatic carbocycles. The summed E-state index contributed by atoms with van der Waals surface area (Å²) in [5, 5.41) is 2.04. The van der Waals surface area contributed by atoms with Crippen molar-refractivity contribution in [1.29, 1.82) is 0 Å². The van der Waals surface area contributed by atoms with Crippen molar-refractivity contribution < 1.29 is 4.74 Å². The average Bonchev–Trinajstić information content (AvgIpc) is 2.05. The summed E-state index contributed by atoms with van der Waals surface area (Å²) in [7, 11) is 5.53. The highest BCUT2D eigenvalue weighted by molar-refractivity contribution is 7.80. The molecule has 0 amide bonds. The van der Waals surface area contributed by atoms with Gasteiger partial charge in [-0.2, -0.15) is 0 Å². The molecule has 1 aliphatic heterocycles. The second kappa shape index (κ2) is 3.89. The number of morpholine rings is 1. The summed E-state index contributed by atoms with van der Waals surface area (Å²) in [6, 6.07) is 0. The molecule has 0 bridgehead atoms. The number of hydrogen-bond donors (Lipinski definition) is 1. The lowest BCUT2D eigenvalue weighted by Gasteiger charge is -2.35. The van der Waals surface area contributed by atoms with Gasteiger partial charge in [-0.05, 0) is 12.2 Å². The number of hydrogen-bond acceptors (Lipinski definition) is 3. The highest BCUT2D eigenvalue weighted by Gasteiger charge is 2.14. The second-order valence-corrected chi connectivity index (χ2v) is 2.67. The number of ether oxygens (including phenoxy) is 1. The van der Waals surface area contributed by atoms with Crippen molar-refractivity contribution in [1.82, 2.24) is 9.93 Å². The number of thiocarbonyl (C=S) groups is 1. The first kappa shape index (κ1) is 8.77. The lowest BCUT2D eigenvalue weighted by Crippen LogP contribution is -2.51. The SMILES string of the molecule is [B]N(C(N)=S)N1CCOCC1. The molecule has 1 fully saturated rings. The van der Waals surface area contributed by atoms with E-state index in [4.69, 9.17) is 30.7 Å². The van der Waals surface area contributed by atoms with Crippen LogP contribution in [0.2, 0.25) is 0 Å². The van der Waals surface area contributed by atoms with Crippen LogP contribution in [0.1, 0.15) is 0 Å². The van der Waals surface area contributed by atoms with Crippen molar-refractivity contribution in [3.8, 4) is 0 Å². The Bertz CT molecular complexity index is 151. The van der Waals surface area contributed by atoms with Gasteiger partial charge in [0.1, 0.15) is 0 Å². The Balaban J connectivity index is 2.38. The van der Waals surface area contributed by atoms with Crippen molar-refractivity contribution in [3.05, 3.63) is 0 Å². The predicted molar refractivity (Wildman–Crippen MR) is 46.8 cm³/mol. The fraction of sp³-hybridized carbons (Fsp3) is 0.800. The van der Waals surface area contributed by atoms with E-state index in [0.717, 1.165) is 13.1 Å². The molecule has 0 spiro atoms. The van der Waals surface area contributed by atoms with Gasteiger partial charge in [-0.15, -0.1) is 0 Å². The van der Waals surface area contributed by atoms with Gasteiger partial charge in [0.15, 0.2) is 5.11 Å². The molecule has 6 heteroatoms. The lowest BCUT2D eigenvalue weighted by atomic mass is 10.4. The molecule has 0 atom stereocenters. The minimum Gasteiger partial charge on any atom is -0.379 e. The summed E-state index contributed by atoms with van der Waals surface area (Å²) < 4.78 is 5.12. The minimum absolute atomic E-state index is 0.187. The Kier molecular flexibility index (Phi) is 3.10. The van der Waals surface area contributed by atoms with Gasteiger partial charge in [-0.1, -0.05) is 0 Å². The van der Waals surface area contributed by atoms with Crippen LogP contribution < -0.4 is 5.73 Å². The van der Waals surface area contributed by atoms with Crippen molar-refractivity contribution in [2.75, 3.05) is 26.3 Å². The van der Waals surface area contributed by atoms with E-state index in [-0.39, 0.29) is 5.11 Å². The third-order valence-electron chi connectivity index (χ3n) is 1.52. The number of nitrogens with zero attached hydrogens (tertiary/aromatic N) is 2. The number of nitrogens with two attached hydrogens (primary N) is 1. The van der Waals surface area contributed by atoms with E-state index in [0.29, 0.717) is 13.2 Å². The van der Waals surface area contributed by atoms with Gasteiger partial charge < -0.3 is 15.4 Å². The summed E-state index contributed by atoms with van der Waals surface area (Å²) in [6.45, 7) is 2.84. The zero-order valence-electron chi connectivity index (χ0n) is 6.19. The Morgan fingerprint density at radius 3 is 2.55 bits per heavy atom. The van der Waals surface area contributed by atoms with E-state index in [2.05, 4.69) is 0 Å². The maximum atomic E-state index is 5.53. The molecule has 1 aliphatic rings. The Morgan fingerprint density at radius 1 is 1.55 bits per heavy atom. The van der Waals surface area contributed by atoms with Crippen LogP contribution in [0.4, 0.5) is 0 Å². The molecule has 60 valence electrons. The van der Waals surface area contributed by atoms with Gasteiger partial charge in [0.2, 0.25) is 0 Å². The highest BCUT2D eigenvalue weighted by Crippen LogP contribution is 1.98. The Morgan fingerprint density at radius 2 is 2.09 bits per heavy atom. The molecule has 2 radical (unpaired) electrons. The minimum atomic E-state index is 0.187. The van der Waals surface area contributed by atoms with Gasteiger partial charge in [0.05, 0.1) is 13.2 Å². The second-order valence-electron chi connectivity index (χ2n) is 2.25. The molecule has 1 heterocycles. The summed E-state index contributed by atoms with van der Waals surface area (Å²) in [4.78, 5) is 1.29. The van der Waals surface area contributed by atoms with Crippen molar-refractivity contribution in [3.63, 3.8) is 0 Å². The fourth-order valence-electron chi connectivity index (χ4n) is 0.909. The molecule has 4 nitrogen and oxygen atoms in total. The molecule has 1 rings (SSSR count). The molecular weight excluding hydrogens is 161 g/mol. The van der Waals surface area contributed by atoms with Gasteiger partial charge >= 0.3 is 0 Å². The van der Waals surface area contributed by atoms with Gasteiger partial charge in [0, 0.05) is 13.1 Å². The zero-order valence-corrected chi connectivity index (χ0v) is 7.01. The van der Waals surface area contributed by atoms with Crippen LogP contribution in [0, 0.1) is 0 Å². The van der Waals surface area contributed by atoms with Crippen molar-refractivity contribution in [2.45, 2.75) is 0 Å². The summed E-state index contributed by atoms with van der Waals surface area (Å²) >= 11 is 4.70. The van der Waals surface area contributed by atoms with Gasteiger partial charge in [-0.3, -0.25) is 0 Å². The normalized spacial score (nSPS) is 19.6. The smallest absolute Gasteiger partial charge is 0.257 e. The van der Waals surface area contributed by atoms with Crippen LogP contribution in [-0.4, -0.2) is 49.3 Å². The molecule has 0 unspecified atom stereocenters. The number of hydrazine groups is 1. The van der Waals surface area contributed by atoms with E-state index in [1.165, 1.54) is 4.92 Å². The van der Waals surface area contributed by atoms with Crippen LogP contribution in [0.25, 0.3) is 0 Å². The van der Waals surface area contributed by atoms with Gasteiger partial charge in [0.25, 0.3) is 7.98 Å². The van der Waals surface area contributed by atoms with Crippen LogP contribution >= 0.6 is 12.2 Å². The first-order chi connectivity index (χ1) is 5.22. The highest BCUT2D eigenvalue weighted by atomic mass is 32.1. The molecule has 0 aromatic heterocycles. The van der Waals surface area contributed by atoms with Crippen LogP contribution in [0.3, 0.4) is 0 Å². The van der Waals surface area contributed by atoms with Crippen LogP contribution in [-0.2, 0) is 4.74 Å². The summed E-state index contributed by atoms with van der Waals surface area (Å²) in [6.07, 6.45) is 0. The third-order valence-corrected chi connectivity index (χ3v) is 1.71. The maximum Gasteiger partial charge on any atom is 0.257 e. The molecule has 1 saturated heterocycles. The standard InChI is InChI=1S/C5H10BN3OS/c6-9(5(7)11)8-1-3-10-4-2-8/h1-4H2,(H2,7,11). The van der Waals surface area contributed by atoms with E-state index in [1.54, 1.807) is 0 Å². The maximum absolute atomic E-state index is 5.53. The fourth-order valence-corrected chi connectivity index (χ4v) is 1.02. The Labute approximate surface area is 72.7 Å².